The van der Waals surface area contributed by atoms with E-state index in [0.717, 1.165) is 83.2 Å². The van der Waals surface area contributed by atoms with Crippen LogP contribution < -0.4 is 4.90 Å². The molecule has 0 N–H and O–H groups in total. The Bertz CT molecular complexity index is 3870. The van der Waals surface area contributed by atoms with Crippen LogP contribution in [0.4, 0.5) is 17.1 Å². The highest BCUT2D eigenvalue weighted by Crippen LogP contribution is 2.60. The Labute approximate surface area is 389 Å². The molecule has 0 atom stereocenters. The molecule has 0 spiro atoms. The van der Waals surface area contributed by atoms with Gasteiger partial charge < -0.3 is 13.7 Å². The molecule has 0 aliphatic heterocycles. The van der Waals surface area contributed by atoms with Crippen LogP contribution >= 0.6 is 0 Å². The summed E-state index contributed by atoms with van der Waals surface area (Å²) in [5.41, 5.74) is 21.7. The predicted octanol–water partition coefficient (Wildman–Crippen LogP) is 18.1. The molecule has 318 valence electrons. The molecule has 3 heteroatoms. The molecule has 10 aromatic carbocycles. The lowest BCUT2D eigenvalue weighted by Gasteiger charge is -2.29. The topological polar surface area (TPSA) is 29.5 Å². The monoisotopic (exact) mass is 859 g/mol. The zero-order valence-electron chi connectivity index (χ0n) is 37.8. The highest BCUT2D eigenvalue weighted by atomic mass is 16.3. The number of benzene rings is 10. The van der Waals surface area contributed by atoms with E-state index in [1.807, 2.05) is 12.1 Å². The van der Waals surface area contributed by atoms with Crippen molar-refractivity contribution in [3.63, 3.8) is 0 Å². The van der Waals surface area contributed by atoms with Crippen molar-refractivity contribution in [1.29, 1.82) is 0 Å². The van der Waals surface area contributed by atoms with Crippen LogP contribution in [0.15, 0.2) is 209 Å². The minimum absolute atomic E-state index is 0.164. The minimum Gasteiger partial charge on any atom is -0.455 e. The summed E-state index contributed by atoms with van der Waals surface area (Å²) in [6, 6.07) is 73.2. The Hall–Kier alpha value is -8.14. The van der Waals surface area contributed by atoms with Crippen LogP contribution in [-0.2, 0) is 10.8 Å². The fourth-order valence-corrected chi connectivity index (χ4v) is 11.9. The molecular formula is C64H45NO2. The lowest BCUT2D eigenvalue weighted by atomic mass is 9.79. The summed E-state index contributed by atoms with van der Waals surface area (Å²) in [6.45, 7) is 9.62. The summed E-state index contributed by atoms with van der Waals surface area (Å²) < 4.78 is 13.0. The molecule has 2 aliphatic rings. The first kappa shape index (κ1) is 38.2. The van der Waals surface area contributed by atoms with Crippen molar-refractivity contribution in [2.75, 3.05) is 4.90 Å². The van der Waals surface area contributed by atoms with Crippen LogP contribution in [-0.4, -0.2) is 0 Å². The third-order valence-electron chi connectivity index (χ3n) is 15.3. The van der Waals surface area contributed by atoms with Crippen molar-refractivity contribution in [3.05, 3.63) is 222 Å². The third kappa shape index (κ3) is 5.34. The number of anilines is 3. The van der Waals surface area contributed by atoms with E-state index in [1.165, 1.54) is 55.3 Å². The summed E-state index contributed by atoms with van der Waals surface area (Å²) in [4.78, 5) is 2.46. The largest absolute Gasteiger partial charge is 0.455 e. The fraction of sp³-hybridized carbons (Fsp3) is 0.0938. The Morgan fingerprint density at radius 1 is 0.343 bits per heavy atom. The van der Waals surface area contributed by atoms with E-state index in [0.29, 0.717) is 0 Å². The standard InChI is InChI=1S/C64H45NO2/c1-63(2)52-22-13-23-56(60(52)51-37-54-50(36-55(51)63)59-43-15-6-5-14-38(43)30-35-53(59)64(54,3)4)65(41-31-26-39(27-32-41)44-18-11-20-48-46-16-7-9-24-57(46)66-61(44)48)42-33-28-40(29-34-42)45-19-12-21-49-47-17-8-10-25-58(47)67-62(45)49/h5-37H,1-4H3. The molecule has 0 saturated heterocycles. The van der Waals surface area contributed by atoms with E-state index in [2.05, 4.69) is 221 Å². The summed E-state index contributed by atoms with van der Waals surface area (Å²) in [5.74, 6) is 0. The van der Waals surface area contributed by atoms with Crippen molar-refractivity contribution in [2.24, 2.45) is 0 Å². The number of hydrogen-bond donors (Lipinski definition) is 0. The van der Waals surface area contributed by atoms with Crippen LogP contribution in [0.5, 0.6) is 0 Å². The van der Waals surface area contributed by atoms with Gasteiger partial charge in [0.15, 0.2) is 0 Å². The van der Waals surface area contributed by atoms with Gasteiger partial charge >= 0.3 is 0 Å². The van der Waals surface area contributed by atoms with Crippen molar-refractivity contribution < 1.29 is 8.83 Å². The van der Waals surface area contributed by atoms with E-state index in [-0.39, 0.29) is 10.8 Å². The van der Waals surface area contributed by atoms with Gasteiger partial charge in [0.05, 0.1) is 5.69 Å². The predicted molar refractivity (Wildman–Crippen MR) is 279 cm³/mol. The quantitative estimate of drug-likeness (QED) is 0.173. The minimum atomic E-state index is -0.233. The number of furan rings is 2. The van der Waals surface area contributed by atoms with Gasteiger partial charge in [0.1, 0.15) is 22.3 Å². The molecule has 2 heterocycles. The van der Waals surface area contributed by atoms with Crippen LogP contribution in [0.3, 0.4) is 0 Å². The lowest BCUT2D eigenvalue weighted by Crippen LogP contribution is -2.17. The number of hydrogen-bond acceptors (Lipinski definition) is 3. The van der Waals surface area contributed by atoms with Gasteiger partial charge in [-0.25, -0.2) is 0 Å². The summed E-state index contributed by atoms with van der Waals surface area (Å²) >= 11 is 0. The van der Waals surface area contributed by atoms with Gasteiger partial charge in [0.2, 0.25) is 0 Å². The number of rotatable bonds is 5. The van der Waals surface area contributed by atoms with Crippen LogP contribution in [0, 0.1) is 0 Å². The molecule has 0 fully saturated rings. The van der Waals surface area contributed by atoms with Gasteiger partial charge in [-0.15, -0.1) is 0 Å². The Kier molecular flexibility index (Phi) is 7.80. The van der Waals surface area contributed by atoms with Gasteiger partial charge in [-0.05, 0) is 115 Å². The highest BCUT2D eigenvalue weighted by molar-refractivity contribution is 6.11. The molecule has 2 aliphatic carbocycles. The zero-order valence-corrected chi connectivity index (χ0v) is 37.8. The van der Waals surface area contributed by atoms with Gasteiger partial charge in [0.25, 0.3) is 0 Å². The summed E-state index contributed by atoms with van der Waals surface area (Å²) in [5, 5.41) is 7.14. The van der Waals surface area contributed by atoms with Gasteiger partial charge in [0, 0.05) is 60.4 Å². The fourth-order valence-electron chi connectivity index (χ4n) is 11.9. The molecule has 0 amide bonds. The maximum atomic E-state index is 6.52. The summed E-state index contributed by atoms with van der Waals surface area (Å²) in [6.07, 6.45) is 0. The van der Waals surface area contributed by atoms with Crippen molar-refractivity contribution >= 4 is 71.7 Å². The van der Waals surface area contributed by atoms with Gasteiger partial charge in [-0.1, -0.05) is 173 Å². The molecule has 0 bridgehead atoms. The van der Waals surface area contributed by atoms with Crippen molar-refractivity contribution in [1.82, 2.24) is 0 Å². The van der Waals surface area contributed by atoms with Crippen LogP contribution in [0.25, 0.3) is 99.2 Å². The van der Waals surface area contributed by atoms with E-state index in [1.54, 1.807) is 0 Å². The smallest absolute Gasteiger partial charge is 0.143 e. The Morgan fingerprint density at radius 3 is 1.37 bits per heavy atom. The average molecular weight is 860 g/mol. The van der Waals surface area contributed by atoms with Crippen molar-refractivity contribution in [3.8, 4) is 44.5 Å². The Morgan fingerprint density at radius 2 is 0.806 bits per heavy atom. The molecule has 14 rings (SSSR count). The average Bonchev–Trinajstić information content (AvgIpc) is 4.07. The highest BCUT2D eigenvalue weighted by Gasteiger charge is 2.43. The van der Waals surface area contributed by atoms with Crippen molar-refractivity contribution in [2.45, 2.75) is 38.5 Å². The second-order valence-corrected chi connectivity index (χ2v) is 19.6. The normalized spacial score (nSPS) is 14.2. The number of nitrogens with zero attached hydrogens (tertiary/aromatic N) is 1. The maximum Gasteiger partial charge on any atom is 0.143 e. The number of para-hydroxylation sites is 4. The first-order valence-electron chi connectivity index (χ1n) is 23.4. The van der Waals surface area contributed by atoms with E-state index in [4.69, 9.17) is 8.83 Å². The van der Waals surface area contributed by atoms with Crippen LogP contribution in [0.2, 0.25) is 0 Å². The maximum absolute atomic E-state index is 6.52. The molecule has 3 nitrogen and oxygen atoms in total. The first-order chi connectivity index (χ1) is 32.7. The van der Waals surface area contributed by atoms with E-state index in [9.17, 15) is 0 Å². The first-order valence-corrected chi connectivity index (χ1v) is 23.4. The third-order valence-corrected chi connectivity index (χ3v) is 15.3. The van der Waals surface area contributed by atoms with E-state index < -0.39 is 0 Å². The molecule has 67 heavy (non-hydrogen) atoms. The number of fused-ring (bicyclic) bond motifs is 14. The molecule has 0 radical (unpaired) electrons. The second kappa shape index (κ2) is 13.7. The zero-order chi connectivity index (χ0) is 44.8. The van der Waals surface area contributed by atoms with E-state index >= 15 is 0 Å². The van der Waals surface area contributed by atoms with Crippen LogP contribution in [0.1, 0.15) is 49.9 Å². The molecule has 2 aromatic heterocycles. The summed E-state index contributed by atoms with van der Waals surface area (Å²) in [7, 11) is 0. The van der Waals surface area contributed by atoms with Gasteiger partial charge in [-0.3, -0.25) is 0 Å². The second-order valence-electron chi connectivity index (χ2n) is 19.6. The van der Waals surface area contributed by atoms with Gasteiger partial charge in [-0.2, -0.15) is 0 Å². The SMILES string of the molecule is CC1(C)c2cc3c(cc2-c2c(N(c4ccc(-c5cccc6c5oc5ccccc56)cc4)c4ccc(-c5cccc6c5oc5ccccc56)cc4)cccc21)C(C)(C)c1ccc2ccccc2c1-3. The molecule has 0 unspecified atom stereocenters. The Balaban J connectivity index is 0.954. The lowest BCUT2D eigenvalue weighted by molar-refractivity contribution is 0.652. The molecule has 0 saturated carbocycles. The molecular weight excluding hydrogens is 815 g/mol. The molecule has 12 aromatic rings.